The number of ether oxygens (including phenoxy) is 2. The number of carbonyl (C=O) groups is 3. The fraction of sp³-hybridized carbons (Fsp3) is 0.700. The Morgan fingerprint density at radius 2 is 0.903 bits per heavy atom. The number of carboxylic acids is 1. The van der Waals surface area contributed by atoms with E-state index in [1.165, 1.54) is 96.3 Å². The Hall–Kier alpha value is -3.08. The molecule has 11 nitrogen and oxygen atoms in total. The molecule has 0 aliphatic heterocycles. The van der Waals surface area contributed by atoms with Crippen LogP contribution in [-0.2, 0) is 37.5 Å². The minimum absolute atomic E-state index is 0.0950. The molecule has 4 N–H and O–H groups in total. The van der Waals surface area contributed by atoms with Crippen molar-refractivity contribution in [1.29, 1.82) is 0 Å². The molecule has 0 aromatic rings. The van der Waals surface area contributed by atoms with E-state index in [4.69, 9.17) is 24.8 Å². The Balaban J connectivity index is 4.40. The Bertz CT molecular complexity index is 1320. The van der Waals surface area contributed by atoms with Crippen LogP contribution in [0.25, 0.3) is 0 Å². The molecule has 0 heterocycles. The van der Waals surface area contributed by atoms with Crippen LogP contribution in [0.2, 0.25) is 0 Å². The molecule has 0 saturated carbocycles. The van der Waals surface area contributed by atoms with E-state index in [2.05, 4.69) is 79.1 Å². The van der Waals surface area contributed by atoms with E-state index in [1.807, 2.05) is 12.2 Å². The molecule has 0 aliphatic rings. The van der Waals surface area contributed by atoms with Gasteiger partial charge >= 0.3 is 25.7 Å². The second-order valence-electron chi connectivity index (χ2n) is 15.9. The highest BCUT2D eigenvalue weighted by Gasteiger charge is 2.28. The van der Waals surface area contributed by atoms with Gasteiger partial charge < -0.3 is 25.2 Å². The minimum Gasteiger partial charge on any atom is -0.480 e. The van der Waals surface area contributed by atoms with Crippen LogP contribution in [-0.4, -0.2) is 59.9 Å². The Labute approximate surface area is 376 Å². The molecule has 1 unspecified atom stereocenters. The summed E-state index contributed by atoms with van der Waals surface area (Å²) in [5, 5.41) is 8.91. The number of carboxylic acid groups (broad SMARTS) is 1. The molecule has 0 bridgehead atoms. The molecule has 0 aliphatic carbocycles. The molecule has 12 heteroatoms. The van der Waals surface area contributed by atoms with Crippen LogP contribution in [0.1, 0.15) is 194 Å². The molecule has 0 saturated heterocycles. The number of unbranched alkanes of at least 4 members (excludes halogenated alkanes) is 18. The molecule has 0 aromatic carbocycles. The number of nitrogens with two attached hydrogens (primary N) is 1. The van der Waals surface area contributed by atoms with Crippen molar-refractivity contribution in [3.63, 3.8) is 0 Å². The third-order valence-corrected chi connectivity index (χ3v) is 10.9. The first-order chi connectivity index (χ1) is 30.1. The summed E-state index contributed by atoms with van der Waals surface area (Å²) >= 11 is 0. The van der Waals surface area contributed by atoms with Crippen LogP contribution in [0.15, 0.2) is 72.9 Å². The van der Waals surface area contributed by atoms with Gasteiger partial charge in [-0.2, -0.15) is 0 Å². The number of phosphoric ester groups is 1. The molecular weight excluding hydrogens is 806 g/mol. The zero-order valence-electron chi connectivity index (χ0n) is 38.7. The standard InChI is InChI=1S/C50H86NO10P/c1-3-5-7-9-11-13-15-17-19-21-23-25-27-29-31-33-35-37-39-41-48(52)58-43-46(44-59-62(56,57)60-45-47(51)50(54)55)61-49(53)42-40-38-36-34-32-30-28-26-24-22-20-18-16-14-12-10-8-6-4-2/h5,7,11,13,17,19,23,25,29,31,35,37,46-47H,3-4,6,8-10,12,14-16,18,20-22,24,26-28,30,32-34,36,38-45,51H2,1-2H3,(H,54,55)(H,56,57)/b7-5-,13-11-,19-17-,25-23-,31-29-,37-35-/t46-,47+/m1/s1. The first kappa shape index (κ1) is 58.9. The zero-order valence-corrected chi connectivity index (χ0v) is 39.6. The normalized spacial score (nSPS) is 14.3. The minimum atomic E-state index is -4.74. The van der Waals surface area contributed by atoms with Crippen molar-refractivity contribution >= 4 is 25.7 Å². The van der Waals surface area contributed by atoms with Gasteiger partial charge in [-0.25, -0.2) is 4.57 Å². The number of esters is 2. The van der Waals surface area contributed by atoms with Gasteiger partial charge in [-0.3, -0.25) is 23.4 Å². The van der Waals surface area contributed by atoms with Crippen molar-refractivity contribution in [2.75, 3.05) is 19.8 Å². The summed E-state index contributed by atoms with van der Waals surface area (Å²) in [5.41, 5.74) is 5.34. The van der Waals surface area contributed by atoms with Gasteiger partial charge in [-0.05, 0) is 51.4 Å². The summed E-state index contributed by atoms with van der Waals surface area (Å²) in [6.07, 6.45) is 54.1. The number of hydrogen-bond acceptors (Lipinski definition) is 9. The van der Waals surface area contributed by atoms with Crippen molar-refractivity contribution in [3.05, 3.63) is 72.9 Å². The second-order valence-corrected chi connectivity index (χ2v) is 17.3. The van der Waals surface area contributed by atoms with Crippen LogP contribution in [0.5, 0.6) is 0 Å². The van der Waals surface area contributed by atoms with Gasteiger partial charge in [0.2, 0.25) is 0 Å². The first-order valence-electron chi connectivity index (χ1n) is 24.0. The Morgan fingerprint density at radius 1 is 0.516 bits per heavy atom. The summed E-state index contributed by atoms with van der Waals surface area (Å²) in [7, 11) is -4.74. The SMILES string of the molecule is CC/C=C\C/C=C\C/C=C\C/C=C\C/C=C\C/C=C\CCC(=O)OC[C@H](COP(=O)(O)OC[C@H](N)C(=O)O)OC(=O)CCCCCCCCCCCCCCCCCCCCC. The molecule has 0 amide bonds. The molecule has 3 atom stereocenters. The third kappa shape index (κ3) is 43.6. The van der Waals surface area contributed by atoms with E-state index in [9.17, 15) is 23.8 Å². The Kier molecular flexibility index (Phi) is 42.3. The van der Waals surface area contributed by atoms with Crippen molar-refractivity contribution in [1.82, 2.24) is 0 Å². The molecule has 0 aromatic heterocycles. The van der Waals surface area contributed by atoms with Crippen LogP contribution in [0.4, 0.5) is 0 Å². The average molecular weight is 892 g/mol. The molecule has 62 heavy (non-hydrogen) atoms. The highest BCUT2D eigenvalue weighted by atomic mass is 31.2. The first-order valence-corrected chi connectivity index (χ1v) is 25.5. The number of hydrogen-bond donors (Lipinski definition) is 3. The van der Waals surface area contributed by atoms with E-state index >= 15 is 0 Å². The summed E-state index contributed by atoms with van der Waals surface area (Å²) < 4.78 is 32.7. The van der Waals surface area contributed by atoms with Crippen molar-refractivity contribution in [3.8, 4) is 0 Å². The van der Waals surface area contributed by atoms with Gasteiger partial charge in [-0.1, -0.05) is 202 Å². The number of carbonyl (C=O) groups excluding carboxylic acids is 2. The van der Waals surface area contributed by atoms with Gasteiger partial charge in [0, 0.05) is 12.8 Å². The summed E-state index contributed by atoms with van der Waals surface area (Å²) in [6.45, 7) is 2.63. The van der Waals surface area contributed by atoms with E-state index in [1.54, 1.807) is 0 Å². The highest BCUT2D eigenvalue weighted by molar-refractivity contribution is 7.47. The molecule has 0 fully saturated rings. The lowest BCUT2D eigenvalue weighted by atomic mass is 10.0. The lowest BCUT2D eigenvalue weighted by Gasteiger charge is -2.20. The van der Waals surface area contributed by atoms with Crippen LogP contribution < -0.4 is 5.73 Å². The maximum Gasteiger partial charge on any atom is 0.472 e. The van der Waals surface area contributed by atoms with E-state index in [-0.39, 0.29) is 19.4 Å². The average Bonchev–Trinajstić information content (AvgIpc) is 3.25. The second kappa shape index (κ2) is 44.5. The lowest BCUT2D eigenvalue weighted by Crippen LogP contribution is -2.34. The largest absolute Gasteiger partial charge is 0.480 e. The van der Waals surface area contributed by atoms with Gasteiger partial charge in [0.15, 0.2) is 6.10 Å². The third-order valence-electron chi connectivity index (χ3n) is 9.98. The maximum atomic E-state index is 12.7. The highest BCUT2D eigenvalue weighted by Crippen LogP contribution is 2.43. The van der Waals surface area contributed by atoms with E-state index in [0.29, 0.717) is 12.8 Å². The number of phosphoric acid groups is 1. The van der Waals surface area contributed by atoms with Gasteiger partial charge in [0.25, 0.3) is 0 Å². The molecule has 356 valence electrons. The van der Waals surface area contributed by atoms with Crippen LogP contribution >= 0.6 is 7.82 Å². The number of aliphatic carboxylic acids is 1. The summed E-state index contributed by atoms with van der Waals surface area (Å²) in [6, 6.07) is -1.53. The predicted octanol–water partition coefficient (Wildman–Crippen LogP) is 13.3. The Morgan fingerprint density at radius 3 is 1.32 bits per heavy atom. The quantitative estimate of drug-likeness (QED) is 0.0230. The van der Waals surface area contributed by atoms with Crippen molar-refractivity contribution in [2.45, 2.75) is 206 Å². The maximum absolute atomic E-state index is 12.7. The summed E-state index contributed by atoms with van der Waals surface area (Å²) in [4.78, 5) is 46.1. The molecule has 0 radical (unpaired) electrons. The van der Waals surface area contributed by atoms with E-state index < -0.39 is 51.1 Å². The fourth-order valence-corrected chi connectivity index (χ4v) is 7.05. The van der Waals surface area contributed by atoms with Crippen LogP contribution in [0.3, 0.4) is 0 Å². The van der Waals surface area contributed by atoms with Crippen LogP contribution in [0, 0.1) is 0 Å². The monoisotopic (exact) mass is 892 g/mol. The van der Waals surface area contributed by atoms with E-state index in [0.717, 1.165) is 57.8 Å². The van der Waals surface area contributed by atoms with Crippen molar-refractivity contribution < 1.29 is 47.5 Å². The fourth-order valence-electron chi connectivity index (χ4n) is 6.27. The topological polar surface area (TPSA) is 172 Å². The number of rotatable bonds is 44. The smallest absolute Gasteiger partial charge is 0.472 e. The predicted molar refractivity (Wildman–Crippen MR) is 254 cm³/mol. The molecule has 0 spiro atoms. The molecular formula is C50H86NO10P. The van der Waals surface area contributed by atoms with Gasteiger partial charge in [-0.15, -0.1) is 0 Å². The zero-order chi connectivity index (χ0) is 45.6. The number of allylic oxidation sites excluding steroid dienone is 12. The van der Waals surface area contributed by atoms with Crippen molar-refractivity contribution in [2.24, 2.45) is 5.73 Å². The lowest BCUT2D eigenvalue weighted by molar-refractivity contribution is -0.161. The summed E-state index contributed by atoms with van der Waals surface area (Å²) in [5.74, 6) is -2.48. The van der Waals surface area contributed by atoms with Gasteiger partial charge in [0.1, 0.15) is 12.6 Å². The molecule has 0 rings (SSSR count). The van der Waals surface area contributed by atoms with Gasteiger partial charge in [0.05, 0.1) is 13.2 Å².